The maximum atomic E-state index is 12.0. The van der Waals surface area contributed by atoms with Crippen LogP contribution in [0.3, 0.4) is 0 Å². The number of thioether (sulfide) groups is 1. The molecule has 1 amide bonds. The van der Waals surface area contributed by atoms with Crippen LogP contribution < -0.4 is 5.32 Å². The number of rotatable bonds is 4. The lowest BCUT2D eigenvalue weighted by Crippen LogP contribution is -2.11. The van der Waals surface area contributed by atoms with Crippen molar-refractivity contribution in [1.29, 1.82) is 5.26 Å². The minimum absolute atomic E-state index is 0.290. The second-order valence-electron chi connectivity index (χ2n) is 3.45. The average molecular weight is 290 g/mol. The van der Waals surface area contributed by atoms with Crippen molar-refractivity contribution < 1.29 is 4.79 Å². The van der Waals surface area contributed by atoms with E-state index in [-0.39, 0.29) is 5.91 Å². The van der Waals surface area contributed by atoms with Crippen LogP contribution in [0.15, 0.2) is 28.6 Å². The smallest absolute Gasteiger partial charge is 0.257 e. The molecule has 0 atom stereocenters. The molecule has 1 aromatic heterocycles. The van der Waals surface area contributed by atoms with Crippen molar-refractivity contribution in [2.75, 3.05) is 11.1 Å². The molecule has 0 spiro atoms. The van der Waals surface area contributed by atoms with Crippen LogP contribution in [0.4, 0.5) is 5.13 Å². The Labute approximate surface area is 118 Å². The fraction of sp³-hybridized carbons (Fsp3) is 0.167. The lowest BCUT2D eigenvalue weighted by atomic mass is 10.1. The van der Waals surface area contributed by atoms with Crippen molar-refractivity contribution in [3.8, 4) is 6.07 Å². The number of carbonyl (C=O) groups excluding carboxylic acids is 1. The van der Waals surface area contributed by atoms with Crippen molar-refractivity contribution >= 4 is 34.1 Å². The number of nitriles is 1. The van der Waals surface area contributed by atoms with Crippen molar-refractivity contribution in [3.63, 3.8) is 0 Å². The Balaban J connectivity index is 2.09. The molecule has 1 N–H and O–H groups in total. The standard InChI is InChI=1S/C12H10N4OS2/c1-2-18-12-16-15-11(19-12)14-10(17)9-5-3-4-8(6-9)7-13/h3-6H,2H2,1H3,(H,14,15,17). The number of hydrogen-bond acceptors (Lipinski definition) is 6. The number of aromatic nitrogens is 2. The molecule has 0 saturated carbocycles. The van der Waals surface area contributed by atoms with Crippen LogP contribution in [0, 0.1) is 11.3 Å². The first-order chi connectivity index (χ1) is 9.22. The summed E-state index contributed by atoms with van der Waals surface area (Å²) in [6.07, 6.45) is 0. The summed E-state index contributed by atoms with van der Waals surface area (Å²) in [5.41, 5.74) is 0.881. The van der Waals surface area contributed by atoms with Crippen LogP contribution in [0.2, 0.25) is 0 Å². The molecule has 0 unspecified atom stereocenters. The highest BCUT2D eigenvalue weighted by atomic mass is 32.2. The van der Waals surface area contributed by atoms with E-state index in [0.717, 1.165) is 10.1 Å². The summed E-state index contributed by atoms with van der Waals surface area (Å²) < 4.78 is 0.823. The molecule has 19 heavy (non-hydrogen) atoms. The van der Waals surface area contributed by atoms with Gasteiger partial charge in [-0.05, 0) is 24.0 Å². The number of amides is 1. The second kappa shape index (κ2) is 6.31. The van der Waals surface area contributed by atoms with Crippen LogP contribution in [-0.4, -0.2) is 21.9 Å². The third kappa shape index (κ3) is 3.53. The maximum absolute atomic E-state index is 12.0. The number of benzene rings is 1. The topological polar surface area (TPSA) is 78.7 Å². The maximum Gasteiger partial charge on any atom is 0.257 e. The molecule has 0 fully saturated rings. The predicted octanol–water partition coefficient (Wildman–Crippen LogP) is 2.77. The highest BCUT2D eigenvalue weighted by Crippen LogP contribution is 2.25. The molecular weight excluding hydrogens is 280 g/mol. The van der Waals surface area contributed by atoms with E-state index < -0.39 is 0 Å². The van der Waals surface area contributed by atoms with Gasteiger partial charge in [-0.25, -0.2) is 0 Å². The predicted molar refractivity (Wildman–Crippen MR) is 75.4 cm³/mol. The first-order valence-corrected chi connectivity index (χ1v) is 7.31. The first-order valence-electron chi connectivity index (χ1n) is 5.50. The molecule has 0 aliphatic rings. The van der Waals surface area contributed by atoms with Gasteiger partial charge in [-0.1, -0.05) is 36.1 Å². The molecule has 0 aliphatic heterocycles. The lowest BCUT2D eigenvalue weighted by Gasteiger charge is -2.00. The van der Waals surface area contributed by atoms with Gasteiger partial charge in [0, 0.05) is 5.56 Å². The normalized spacial score (nSPS) is 9.89. The summed E-state index contributed by atoms with van der Waals surface area (Å²) in [5, 5.41) is 19.8. The van der Waals surface area contributed by atoms with Gasteiger partial charge in [-0.3, -0.25) is 10.1 Å². The number of nitrogens with one attached hydrogen (secondary N) is 1. The third-order valence-corrected chi connectivity index (χ3v) is 4.00. The number of nitrogens with zero attached hydrogens (tertiary/aromatic N) is 3. The summed E-state index contributed by atoms with van der Waals surface area (Å²) >= 11 is 2.91. The van der Waals surface area contributed by atoms with Gasteiger partial charge in [0.1, 0.15) is 0 Å². The molecule has 5 nitrogen and oxygen atoms in total. The van der Waals surface area contributed by atoms with Gasteiger partial charge in [0.05, 0.1) is 11.6 Å². The molecule has 0 saturated heterocycles. The molecule has 0 radical (unpaired) electrons. The number of anilines is 1. The monoisotopic (exact) mass is 290 g/mol. The van der Waals surface area contributed by atoms with Crippen LogP contribution in [0.1, 0.15) is 22.8 Å². The van der Waals surface area contributed by atoms with E-state index in [2.05, 4.69) is 15.5 Å². The Hall–Kier alpha value is -1.91. The van der Waals surface area contributed by atoms with Gasteiger partial charge in [-0.15, -0.1) is 10.2 Å². The zero-order valence-corrected chi connectivity index (χ0v) is 11.7. The third-order valence-electron chi connectivity index (χ3n) is 2.15. The van der Waals surface area contributed by atoms with E-state index in [4.69, 9.17) is 5.26 Å². The van der Waals surface area contributed by atoms with Crippen molar-refractivity contribution in [3.05, 3.63) is 35.4 Å². The van der Waals surface area contributed by atoms with Crippen LogP contribution in [-0.2, 0) is 0 Å². The molecule has 1 aromatic carbocycles. The largest absolute Gasteiger partial charge is 0.296 e. The fourth-order valence-electron chi connectivity index (χ4n) is 1.34. The summed E-state index contributed by atoms with van der Waals surface area (Å²) in [5.74, 6) is 0.619. The van der Waals surface area contributed by atoms with Crippen molar-refractivity contribution in [2.45, 2.75) is 11.3 Å². The van der Waals surface area contributed by atoms with Gasteiger partial charge in [0.2, 0.25) is 5.13 Å². The average Bonchev–Trinajstić information content (AvgIpc) is 2.86. The highest BCUT2D eigenvalue weighted by Gasteiger charge is 2.10. The highest BCUT2D eigenvalue weighted by molar-refractivity contribution is 8.01. The van der Waals surface area contributed by atoms with E-state index in [0.29, 0.717) is 16.3 Å². The summed E-state index contributed by atoms with van der Waals surface area (Å²) in [6, 6.07) is 8.51. The molecular formula is C12H10N4OS2. The van der Waals surface area contributed by atoms with Crippen LogP contribution in [0.25, 0.3) is 0 Å². The number of carbonyl (C=O) groups is 1. The molecule has 7 heteroatoms. The minimum atomic E-state index is -0.290. The molecule has 1 heterocycles. The second-order valence-corrected chi connectivity index (χ2v) is 5.94. The SMILES string of the molecule is CCSc1nnc(NC(=O)c2cccc(C#N)c2)s1. The van der Waals surface area contributed by atoms with Gasteiger partial charge in [0.15, 0.2) is 4.34 Å². The first kappa shape index (κ1) is 13.5. The Kier molecular flexibility index (Phi) is 4.49. The molecule has 96 valence electrons. The Morgan fingerprint density at radius 1 is 1.53 bits per heavy atom. The van der Waals surface area contributed by atoms with E-state index in [1.165, 1.54) is 17.4 Å². The Morgan fingerprint density at radius 3 is 3.11 bits per heavy atom. The van der Waals surface area contributed by atoms with Crippen LogP contribution in [0.5, 0.6) is 0 Å². The summed E-state index contributed by atoms with van der Waals surface area (Å²) in [4.78, 5) is 12.0. The van der Waals surface area contributed by atoms with E-state index in [1.54, 1.807) is 30.0 Å². The van der Waals surface area contributed by atoms with Crippen molar-refractivity contribution in [1.82, 2.24) is 10.2 Å². The van der Waals surface area contributed by atoms with Crippen molar-refractivity contribution in [2.24, 2.45) is 0 Å². The van der Waals surface area contributed by atoms with E-state index in [9.17, 15) is 4.79 Å². The Bertz CT molecular complexity index is 633. The molecule has 0 bridgehead atoms. The molecule has 2 rings (SSSR count). The van der Waals surface area contributed by atoms with Gasteiger partial charge in [0.25, 0.3) is 5.91 Å². The quantitative estimate of drug-likeness (QED) is 0.692. The summed E-state index contributed by atoms with van der Waals surface area (Å²) in [6.45, 7) is 2.03. The van der Waals surface area contributed by atoms with Gasteiger partial charge in [-0.2, -0.15) is 5.26 Å². The molecule has 2 aromatic rings. The van der Waals surface area contributed by atoms with E-state index in [1.807, 2.05) is 13.0 Å². The minimum Gasteiger partial charge on any atom is -0.296 e. The zero-order valence-electron chi connectivity index (χ0n) is 10.1. The lowest BCUT2D eigenvalue weighted by molar-refractivity contribution is 0.102. The van der Waals surface area contributed by atoms with E-state index >= 15 is 0 Å². The van der Waals surface area contributed by atoms with Gasteiger partial charge < -0.3 is 0 Å². The molecule has 0 aliphatic carbocycles. The van der Waals surface area contributed by atoms with Crippen LogP contribution >= 0.6 is 23.1 Å². The zero-order chi connectivity index (χ0) is 13.7. The fourth-order valence-corrected chi connectivity index (χ4v) is 2.99. The summed E-state index contributed by atoms with van der Waals surface area (Å²) in [7, 11) is 0. The number of hydrogen-bond donors (Lipinski definition) is 1. The van der Waals surface area contributed by atoms with Gasteiger partial charge >= 0.3 is 0 Å². The Morgan fingerprint density at radius 2 is 2.37 bits per heavy atom.